The number of hydrogen-bond acceptors (Lipinski definition) is 3. The third-order valence-electron chi connectivity index (χ3n) is 2.90. The van der Waals surface area contributed by atoms with Gasteiger partial charge in [0.2, 0.25) is 0 Å². The number of phenols is 2. The molecule has 4 N–H and O–H groups in total. The summed E-state index contributed by atoms with van der Waals surface area (Å²) in [5, 5.41) is 19.1. The standard InChI is InChI=1S/C11H15NO2/c1-2-7-5-8(11(12)3-4-11)10(14)6-9(7)13/h5-6,13-14H,2-4,12H2,1H3. The zero-order chi connectivity index (χ0) is 10.3. The fourth-order valence-corrected chi connectivity index (χ4v) is 1.71. The molecule has 3 nitrogen and oxygen atoms in total. The fraction of sp³-hybridized carbons (Fsp3) is 0.455. The van der Waals surface area contributed by atoms with Crippen LogP contribution in [0.1, 0.15) is 30.9 Å². The van der Waals surface area contributed by atoms with Gasteiger partial charge in [-0.05, 0) is 30.9 Å². The molecular weight excluding hydrogens is 178 g/mol. The minimum atomic E-state index is -0.346. The van der Waals surface area contributed by atoms with Crippen molar-refractivity contribution in [1.29, 1.82) is 0 Å². The second kappa shape index (κ2) is 2.89. The quantitative estimate of drug-likeness (QED) is 0.668. The molecule has 1 aromatic rings. The van der Waals surface area contributed by atoms with Crippen molar-refractivity contribution in [2.45, 2.75) is 31.7 Å². The number of phenolic OH excluding ortho intramolecular Hbond substituents is 2. The lowest BCUT2D eigenvalue weighted by Gasteiger charge is -2.13. The van der Waals surface area contributed by atoms with Gasteiger partial charge < -0.3 is 15.9 Å². The lowest BCUT2D eigenvalue weighted by molar-refractivity contribution is 0.437. The molecule has 0 saturated heterocycles. The van der Waals surface area contributed by atoms with Crippen molar-refractivity contribution in [3.63, 3.8) is 0 Å². The molecule has 0 aliphatic heterocycles. The predicted molar refractivity (Wildman–Crippen MR) is 54.2 cm³/mol. The molecule has 1 aliphatic carbocycles. The summed E-state index contributed by atoms with van der Waals surface area (Å²) in [6, 6.07) is 3.21. The number of rotatable bonds is 2. The maximum Gasteiger partial charge on any atom is 0.124 e. The van der Waals surface area contributed by atoms with Crippen LogP contribution in [-0.2, 0) is 12.0 Å². The third-order valence-corrected chi connectivity index (χ3v) is 2.90. The van der Waals surface area contributed by atoms with Gasteiger partial charge in [-0.15, -0.1) is 0 Å². The third kappa shape index (κ3) is 1.34. The van der Waals surface area contributed by atoms with E-state index in [9.17, 15) is 10.2 Å². The highest BCUT2D eigenvalue weighted by Gasteiger charge is 2.42. The Balaban J connectivity index is 2.50. The molecule has 3 heteroatoms. The van der Waals surface area contributed by atoms with Crippen LogP contribution in [0.3, 0.4) is 0 Å². The largest absolute Gasteiger partial charge is 0.508 e. The Hall–Kier alpha value is -1.22. The van der Waals surface area contributed by atoms with E-state index in [2.05, 4.69) is 0 Å². The van der Waals surface area contributed by atoms with Gasteiger partial charge in [0, 0.05) is 17.2 Å². The molecule has 0 amide bonds. The summed E-state index contributed by atoms with van der Waals surface area (Å²) in [6.45, 7) is 1.96. The number of aryl methyl sites for hydroxylation is 1. The number of benzene rings is 1. The van der Waals surface area contributed by atoms with Crippen molar-refractivity contribution in [2.75, 3.05) is 0 Å². The van der Waals surface area contributed by atoms with E-state index in [-0.39, 0.29) is 17.0 Å². The van der Waals surface area contributed by atoms with Crippen molar-refractivity contribution in [3.8, 4) is 11.5 Å². The predicted octanol–water partition coefficient (Wildman–Crippen LogP) is 1.61. The number of nitrogens with two attached hydrogens (primary N) is 1. The lowest BCUT2D eigenvalue weighted by Crippen LogP contribution is -2.19. The van der Waals surface area contributed by atoms with Crippen molar-refractivity contribution in [3.05, 3.63) is 23.3 Å². The molecular formula is C11H15NO2. The maximum absolute atomic E-state index is 9.65. The van der Waals surface area contributed by atoms with Crippen LogP contribution < -0.4 is 5.73 Å². The summed E-state index contributed by atoms with van der Waals surface area (Å²) in [4.78, 5) is 0. The van der Waals surface area contributed by atoms with E-state index in [0.717, 1.165) is 30.4 Å². The van der Waals surface area contributed by atoms with Crippen molar-refractivity contribution in [2.24, 2.45) is 5.73 Å². The monoisotopic (exact) mass is 193 g/mol. The molecule has 1 fully saturated rings. The van der Waals surface area contributed by atoms with Gasteiger partial charge >= 0.3 is 0 Å². The first-order valence-corrected chi connectivity index (χ1v) is 4.91. The van der Waals surface area contributed by atoms with E-state index >= 15 is 0 Å². The van der Waals surface area contributed by atoms with Gasteiger partial charge in [-0.2, -0.15) is 0 Å². The summed E-state index contributed by atoms with van der Waals surface area (Å²) in [5.41, 5.74) is 7.27. The van der Waals surface area contributed by atoms with Crippen molar-refractivity contribution >= 4 is 0 Å². The van der Waals surface area contributed by atoms with Crippen LogP contribution in [0.15, 0.2) is 12.1 Å². The topological polar surface area (TPSA) is 66.5 Å². The van der Waals surface area contributed by atoms with E-state index in [4.69, 9.17) is 5.73 Å². The SMILES string of the molecule is CCc1cc(C2(N)CC2)c(O)cc1O. The maximum atomic E-state index is 9.65. The first-order valence-electron chi connectivity index (χ1n) is 4.91. The van der Waals surface area contributed by atoms with Crippen molar-refractivity contribution in [1.82, 2.24) is 0 Å². The van der Waals surface area contributed by atoms with Crippen LogP contribution in [0.5, 0.6) is 11.5 Å². The minimum Gasteiger partial charge on any atom is -0.508 e. The van der Waals surface area contributed by atoms with Gasteiger partial charge in [0.15, 0.2) is 0 Å². The second-order valence-electron chi connectivity index (χ2n) is 4.01. The second-order valence-corrected chi connectivity index (χ2v) is 4.01. The van der Waals surface area contributed by atoms with Crippen molar-refractivity contribution < 1.29 is 10.2 Å². The van der Waals surface area contributed by atoms with Gasteiger partial charge in [0.25, 0.3) is 0 Å². The fourth-order valence-electron chi connectivity index (χ4n) is 1.71. The van der Waals surface area contributed by atoms with Crippen LogP contribution in [-0.4, -0.2) is 10.2 Å². The van der Waals surface area contributed by atoms with Crippen LogP contribution in [0.25, 0.3) is 0 Å². The van der Waals surface area contributed by atoms with Gasteiger partial charge in [0.05, 0.1) is 0 Å². The molecule has 0 atom stereocenters. The molecule has 1 saturated carbocycles. The Labute approximate surface area is 83.2 Å². The van der Waals surface area contributed by atoms with Crippen LogP contribution in [0.4, 0.5) is 0 Å². The zero-order valence-electron chi connectivity index (χ0n) is 8.25. The van der Waals surface area contributed by atoms with Gasteiger partial charge in [-0.1, -0.05) is 6.92 Å². The zero-order valence-corrected chi connectivity index (χ0v) is 8.25. The molecule has 0 aromatic heterocycles. The Bertz CT molecular complexity index is 370. The van der Waals surface area contributed by atoms with E-state index in [1.807, 2.05) is 13.0 Å². The van der Waals surface area contributed by atoms with E-state index < -0.39 is 0 Å². The van der Waals surface area contributed by atoms with Gasteiger partial charge in [0.1, 0.15) is 11.5 Å². The summed E-state index contributed by atoms with van der Waals surface area (Å²) in [6.07, 6.45) is 2.57. The normalized spacial score (nSPS) is 18.1. The highest BCUT2D eigenvalue weighted by Crippen LogP contribution is 2.47. The van der Waals surface area contributed by atoms with E-state index in [1.54, 1.807) is 0 Å². The van der Waals surface area contributed by atoms with Crippen LogP contribution in [0, 0.1) is 0 Å². The van der Waals surface area contributed by atoms with Gasteiger partial charge in [-0.25, -0.2) is 0 Å². The molecule has 0 unspecified atom stereocenters. The highest BCUT2D eigenvalue weighted by molar-refractivity contribution is 5.49. The lowest BCUT2D eigenvalue weighted by atomic mass is 9.99. The molecule has 0 heterocycles. The molecule has 14 heavy (non-hydrogen) atoms. The molecule has 1 aliphatic rings. The summed E-state index contributed by atoms with van der Waals surface area (Å²) in [5.74, 6) is 0.262. The van der Waals surface area contributed by atoms with E-state index in [0.29, 0.717) is 0 Å². The Morgan fingerprint density at radius 2 is 1.93 bits per heavy atom. The molecule has 0 spiro atoms. The number of aromatic hydroxyl groups is 2. The molecule has 0 bridgehead atoms. The molecule has 76 valence electrons. The summed E-state index contributed by atoms with van der Waals surface area (Å²) in [7, 11) is 0. The Morgan fingerprint density at radius 1 is 1.29 bits per heavy atom. The Kier molecular flexibility index (Phi) is 1.93. The Morgan fingerprint density at radius 3 is 2.43 bits per heavy atom. The molecule has 0 radical (unpaired) electrons. The highest BCUT2D eigenvalue weighted by atomic mass is 16.3. The van der Waals surface area contributed by atoms with Crippen LogP contribution >= 0.6 is 0 Å². The van der Waals surface area contributed by atoms with Gasteiger partial charge in [-0.3, -0.25) is 0 Å². The molecule has 2 rings (SSSR count). The first kappa shape index (κ1) is 9.34. The smallest absolute Gasteiger partial charge is 0.124 e. The first-order chi connectivity index (χ1) is 6.57. The summed E-state index contributed by atoms with van der Waals surface area (Å²) >= 11 is 0. The average molecular weight is 193 g/mol. The molecule has 1 aromatic carbocycles. The summed E-state index contributed by atoms with van der Waals surface area (Å²) < 4.78 is 0. The average Bonchev–Trinajstić information content (AvgIpc) is 2.85. The van der Waals surface area contributed by atoms with E-state index in [1.165, 1.54) is 6.07 Å². The van der Waals surface area contributed by atoms with Crippen LogP contribution in [0.2, 0.25) is 0 Å². The minimum absolute atomic E-state index is 0.111. The number of hydrogen-bond donors (Lipinski definition) is 3.